The molecule has 0 aromatic heterocycles. The Bertz CT molecular complexity index is 392. The van der Waals surface area contributed by atoms with E-state index in [2.05, 4.69) is 12.2 Å². The average molecular weight is 279 g/mol. The molecule has 1 aliphatic carbocycles. The van der Waals surface area contributed by atoms with Gasteiger partial charge in [-0.25, -0.2) is 4.39 Å². The lowest BCUT2D eigenvalue weighted by molar-refractivity contribution is 0.106. The molecule has 0 saturated heterocycles. The van der Waals surface area contributed by atoms with Crippen molar-refractivity contribution in [2.24, 2.45) is 0 Å². The van der Waals surface area contributed by atoms with E-state index >= 15 is 0 Å². The van der Waals surface area contributed by atoms with Gasteiger partial charge in [0.05, 0.1) is 6.10 Å². The maximum Gasteiger partial charge on any atom is 0.123 e. The lowest BCUT2D eigenvalue weighted by Gasteiger charge is -2.23. The molecule has 3 unspecified atom stereocenters. The normalized spacial score (nSPS) is 23.9. The van der Waals surface area contributed by atoms with Gasteiger partial charge >= 0.3 is 0 Å². The molecule has 1 saturated carbocycles. The van der Waals surface area contributed by atoms with Crippen LogP contribution < -0.4 is 5.32 Å². The van der Waals surface area contributed by atoms with Gasteiger partial charge in [-0.3, -0.25) is 0 Å². The Balaban J connectivity index is 1.98. The van der Waals surface area contributed by atoms with Gasteiger partial charge in [0, 0.05) is 19.2 Å². The van der Waals surface area contributed by atoms with Crippen LogP contribution in [0.15, 0.2) is 24.3 Å². The Morgan fingerprint density at radius 1 is 1.30 bits per heavy atom. The van der Waals surface area contributed by atoms with Gasteiger partial charge < -0.3 is 10.1 Å². The van der Waals surface area contributed by atoms with E-state index in [4.69, 9.17) is 4.74 Å². The van der Waals surface area contributed by atoms with E-state index in [1.165, 1.54) is 24.8 Å². The summed E-state index contributed by atoms with van der Waals surface area (Å²) in [5.41, 5.74) is 1.20. The van der Waals surface area contributed by atoms with E-state index in [1.54, 1.807) is 19.2 Å². The molecule has 1 N–H and O–H groups in total. The summed E-state index contributed by atoms with van der Waals surface area (Å²) in [6.45, 7) is 2.21. The van der Waals surface area contributed by atoms with Crippen LogP contribution in [0.2, 0.25) is 0 Å². The maximum atomic E-state index is 13.1. The molecule has 1 aromatic carbocycles. The van der Waals surface area contributed by atoms with Crippen LogP contribution in [0.4, 0.5) is 4.39 Å². The first kappa shape index (κ1) is 15.5. The fraction of sp³-hybridized carbons (Fsp3) is 0.647. The number of nitrogens with one attached hydrogen (secondary N) is 1. The molecular weight excluding hydrogens is 253 g/mol. The molecule has 1 fully saturated rings. The molecule has 0 spiro atoms. The van der Waals surface area contributed by atoms with Gasteiger partial charge in [0.2, 0.25) is 0 Å². The number of hydrogen-bond acceptors (Lipinski definition) is 2. The average Bonchev–Trinajstić information content (AvgIpc) is 2.92. The van der Waals surface area contributed by atoms with Crippen molar-refractivity contribution in [2.75, 3.05) is 7.11 Å². The van der Waals surface area contributed by atoms with E-state index in [9.17, 15) is 4.39 Å². The van der Waals surface area contributed by atoms with Crippen molar-refractivity contribution >= 4 is 0 Å². The van der Waals surface area contributed by atoms with Crippen LogP contribution in [-0.2, 0) is 4.74 Å². The highest BCUT2D eigenvalue weighted by molar-refractivity contribution is 5.20. The molecule has 1 aliphatic rings. The number of benzene rings is 1. The van der Waals surface area contributed by atoms with Crippen LogP contribution in [0.5, 0.6) is 0 Å². The quantitative estimate of drug-likeness (QED) is 0.807. The molecule has 3 atom stereocenters. The van der Waals surface area contributed by atoms with Crippen molar-refractivity contribution in [2.45, 2.75) is 63.6 Å². The van der Waals surface area contributed by atoms with E-state index in [-0.39, 0.29) is 5.82 Å². The Morgan fingerprint density at radius 3 is 2.65 bits per heavy atom. The number of methoxy groups -OCH3 is 1. The summed E-state index contributed by atoms with van der Waals surface area (Å²) in [6.07, 6.45) is 7.27. The Morgan fingerprint density at radius 2 is 2.05 bits per heavy atom. The minimum Gasteiger partial charge on any atom is -0.381 e. The Hall–Kier alpha value is -0.930. The third-order valence-electron chi connectivity index (χ3n) is 4.27. The summed E-state index contributed by atoms with van der Waals surface area (Å²) in [5.74, 6) is -0.164. The zero-order valence-corrected chi connectivity index (χ0v) is 12.6. The zero-order valence-electron chi connectivity index (χ0n) is 12.6. The summed E-state index contributed by atoms with van der Waals surface area (Å²) in [5, 5.41) is 3.75. The predicted octanol–water partition coefficient (Wildman–Crippen LogP) is 4.21. The molecule has 2 nitrogen and oxygen atoms in total. The standard InChI is InChI=1S/C17H26FNO/c1-3-4-5-17(13-6-8-14(18)9-7-13)19-15-10-11-16(12-15)20-2/h6-9,15-17,19H,3-5,10-12H2,1-2H3. The third kappa shape index (κ3) is 4.29. The summed E-state index contributed by atoms with van der Waals surface area (Å²) < 4.78 is 18.5. The van der Waals surface area contributed by atoms with Gasteiger partial charge in [0.25, 0.3) is 0 Å². The lowest BCUT2D eigenvalue weighted by Crippen LogP contribution is -2.31. The fourth-order valence-electron chi connectivity index (χ4n) is 3.04. The topological polar surface area (TPSA) is 21.3 Å². The highest BCUT2D eigenvalue weighted by Crippen LogP contribution is 2.27. The zero-order chi connectivity index (χ0) is 14.4. The van der Waals surface area contributed by atoms with Crippen LogP contribution in [0, 0.1) is 5.82 Å². The van der Waals surface area contributed by atoms with Crippen molar-refractivity contribution in [3.8, 4) is 0 Å². The van der Waals surface area contributed by atoms with E-state index in [0.29, 0.717) is 18.2 Å². The third-order valence-corrected chi connectivity index (χ3v) is 4.27. The second kappa shape index (κ2) is 7.75. The molecule has 20 heavy (non-hydrogen) atoms. The molecule has 3 heteroatoms. The summed E-state index contributed by atoms with van der Waals surface area (Å²) in [6, 6.07) is 7.78. The van der Waals surface area contributed by atoms with Gasteiger partial charge in [-0.05, 0) is 43.4 Å². The van der Waals surface area contributed by atoms with Crippen molar-refractivity contribution < 1.29 is 9.13 Å². The van der Waals surface area contributed by atoms with Gasteiger partial charge in [-0.1, -0.05) is 31.9 Å². The predicted molar refractivity (Wildman–Crippen MR) is 80.2 cm³/mol. The molecule has 0 heterocycles. The molecule has 1 aromatic rings. The highest BCUT2D eigenvalue weighted by atomic mass is 19.1. The van der Waals surface area contributed by atoms with Crippen molar-refractivity contribution in [3.63, 3.8) is 0 Å². The van der Waals surface area contributed by atoms with E-state index in [0.717, 1.165) is 19.3 Å². The van der Waals surface area contributed by atoms with E-state index in [1.807, 2.05) is 12.1 Å². The number of unbranched alkanes of at least 4 members (excludes halogenated alkanes) is 1. The van der Waals surface area contributed by atoms with Crippen LogP contribution in [-0.4, -0.2) is 19.3 Å². The fourth-order valence-corrected chi connectivity index (χ4v) is 3.04. The molecular formula is C17H26FNO. The lowest BCUT2D eigenvalue weighted by atomic mass is 9.99. The van der Waals surface area contributed by atoms with Gasteiger partial charge in [0.1, 0.15) is 5.82 Å². The molecule has 0 radical (unpaired) electrons. The first-order chi connectivity index (χ1) is 9.72. The first-order valence-corrected chi connectivity index (χ1v) is 7.77. The molecule has 0 bridgehead atoms. The summed E-state index contributed by atoms with van der Waals surface area (Å²) in [4.78, 5) is 0. The van der Waals surface area contributed by atoms with Gasteiger partial charge in [-0.15, -0.1) is 0 Å². The van der Waals surface area contributed by atoms with Crippen molar-refractivity contribution in [1.29, 1.82) is 0 Å². The molecule has 0 amide bonds. The summed E-state index contributed by atoms with van der Waals surface area (Å²) >= 11 is 0. The molecule has 2 rings (SSSR count). The second-order valence-electron chi connectivity index (χ2n) is 5.78. The first-order valence-electron chi connectivity index (χ1n) is 7.77. The number of rotatable bonds is 7. The minimum atomic E-state index is -0.164. The highest BCUT2D eigenvalue weighted by Gasteiger charge is 2.26. The van der Waals surface area contributed by atoms with E-state index < -0.39 is 0 Å². The SMILES string of the molecule is CCCCC(NC1CCC(OC)C1)c1ccc(F)cc1. The monoisotopic (exact) mass is 279 g/mol. The molecule has 112 valence electrons. The molecule has 0 aliphatic heterocycles. The van der Waals surface area contributed by atoms with Crippen LogP contribution >= 0.6 is 0 Å². The van der Waals surface area contributed by atoms with Gasteiger partial charge in [-0.2, -0.15) is 0 Å². The number of ether oxygens (including phenoxy) is 1. The van der Waals surface area contributed by atoms with Gasteiger partial charge in [0.15, 0.2) is 0 Å². The van der Waals surface area contributed by atoms with Crippen molar-refractivity contribution in [1.82, 2.24) is 5.32 Å². The number of halogens is 1. The Labute approximate surface area is 121 Å². The largest absolute Gasteiger partial charge is 0.381 e. The van der Waals surface area contributed by atoms with Crippen molar-refractivity contribution in [3.05, 3.63) is 35.6 Å². The second-order valence-corrected chi connectivity index (χ2v) is 5.78. The van der Waals surface area contributed by atoms with Crippen LogP contribution in [0.3, 0.4) is 0 Å². The van der Waals surface area contributed by atoms with Crippen LogP contribution in [0.1, 0.15) is 57.1 Å². The van der Waals surface area contributed by atoms with Crippen LogP contribution in [0.25, 0.3) is 0 Å². The smallest absolute Gasteiger partial charge is 0.123 e. The summed E-state index contributed by atoms with van der Waals surface area (Å²) in [7, 11) is 1.79. The number of hydrogen-bond donors (Lipinski definition) is 1. The Kier molecular flexibility index (Phi) is 5.99. The maximum absolute atomic E-state index is 13.1. The minimum absolute atomic E-state index is 0.164.